The number of benzene rings is 1. The van der Waals surface area contributed by atoms with E-state index in [2.05, 4.69) is 33.1 Å². The number of rotatable bonds is 4. The molecular formula is C11H10N4O2S. The lowest BCUT2D eigenvalue weighted by Gasteiger charge is -2.06. The maximum atomic E-state index is 10.3. The Bertz CT molecular complexity index is 577. The zero-order valence-electron chi connectivity index (χ0n) is 9.24. The number of aromatic nitrogens is 2. The van der Waals surface area contributed by atoms with Gasteiger partial charge in [-0.3, -0.25) is 0 Å². The third-order valence-electron chi connectivity index (χ3n) is 2.28. The number of para-hydroxylation sites is 1. The Balaban J connectivity index is 2.09. The molecule has 6 nitrogen and oxygen atoms in total. The fourth-order valence-electron chi connectivity index (χ4n) is 1.35. The van der Waals surface area contributed by atoms with Crippen molar-refractivity contribution in [2.24, 2.45) is 5.18 Å². The van der Waals surface area contributed by atoms with Crippen LogP contribution in [0.15, 0.2) is 40.7 Å². The minimum Gasteiger partial charge on any atom is -0.508 e. The summed E-state index contributed by atoms with van der Waals surface area (Å²) in [5.74, 6) is 0.512. The van der Waals surface area contributed by atoms with Crippen LogP contribution in [0.25, 0.3) is 0 Å². The Hall–Kier alpha value is -2.15. The molecule has 1 aromatic carbocycles. The first-order chi connectivity index (χ1) is 8.70. The van der Waals surface area contributed by atoms with Gasteiger partial charge in [-0.1, -0.05) is 18.2 Å². The molecule has 18 heavy (non-hydrogen) atoms. The van der Waals surface area contributed by atoms with Crippen LogP contribution < -0.4 is 5.32 Å². The van der Waals surface area contributed by atoms with Crippen LogP contribution in [0.1, 0.15) is 5.56 Å². The van der Waals surface area contributed by atoms with Gasteiger partial charge >= 0.3 is 0 Å². The van der Waals surface area contributed by atoms with Gasteiger partial charge in [0.1, 0.15) is 10.8 Å². The van der Waals surface area contributed by atoms with E-state index in [0.29, 0.717) is 12.5 Å². The Kier molecular flexibility index (Phi) is 3.73. The Labute approximate surface area is 108 Å². The molecular weight excluding hydrogens is 252 g/mol. The normalized spacial score (nSPS) is 10.1. The molecule has 0 aliphatic rings. The number of aromatic hydroxyl groups is 1. The number of hydrogen-bond acceptors (Lipinski definition) is 7. The number of phenols is 1. The molecule has 0 radical (unpaired) electrons. The zero-order chi connectivity index (χ0) is 13.0. The van der Waals surface area contributed by atoms with Crippen molar-refractivity contribution in [2.75, 3.05) is 5.32 Å². The van der Waals surface area contributed by atoms with Crippen LogP contribution in [0.2, 0.25) is 0 Å². The van der Waals surface area contributed by atoms with Gasteiger partial charge in [-0.15, -0.1) is 17.5 Å². The number of phenolic OH excluding ortho intramolecular Hbond substituents is 1. The second kappa shape index (κ2) is 5.46. The fourth-order valence-corrected chi connectivity index (χ4v) is 1.54. The molecule has 0 aliphatic heterocycles. The second-order valence-electron chi connectivity index (χ2n) is 3.48. The summed E-state index contributed by atoms with van der Waals surface area (Å²) in [6, 6.07) is 6.94. The van der Waals surface area contributed by atoms with Crippen molar-refractivity contribution in [3.63, 3.8) is 0 Å². The van der Waals surface area contributed by atoms with Gasteiger partial charge < -0.3 is 10.4 Å². The largest absolute Gasteiger partial charge is 0.508 e. The van der Waals surface area contributed by atoms with Crippen LogP contribution in [0.4, 0.5) is 11.6 Å². The van der Waals surface area contributed by atoms with Crippen LogP contribution in [0.5, 0.6) is 5.75 Å². The lowest BCUT2D eigenvalue weighted by molar-refractivity contribution is 0.469. The van der Waals surface area contributed by atoms with Gasteiger partial charge in [-0.05, 0) is 11.2 Å². The summed E-state index contributed by atoms with van der Waals surface area (Å²) in [5.41, 5.74) is 0.811. The minimum atomic E-state index is 0.0893. The molecule has 1 heterocycles. The first kappa shape index (κ1) is 12.3. The van der Waals surface area contributed by atoms with Crippen LogP contribution in [-0.2, 0) is 6.54 Å². The molecule has 0 aliphatic carbocycles. The molecule has 0 amide bonds. The van der Waals surface area contributed by atoms with E-state index in [0.717, 1.165) is 5.56 Å². The van der Waals surface area contributed by atoms with Crippen LogP contribution in [0, 0.1) is 4.91 Å². The molecule has 0 spiro atoms. The predicted octanol–water partition coefficient (Wildman–Crippen LogP) is 2.48. The number of thiol groups is 1. The first-order valence-electron chi connectivity index (χ1n) is 5.11. The number of hydrogen-bond donors (Lipinski definition) is 3. The molecule has 2 rings (SSSR count). The van der Waals surface area contributed by atoms with E-state index >= 15 is 0 Å². The van der Waals surface area contributed by atoms with E-state index < -0.39 is 0 Å². The standard InChI is InChI=1S/C11H10N4O2S/c16-9-4-2-1-3-7(9)5-12-11-13-6-8(15-17)10(18)14-11/h1-4,6,16H,5H2,(H2,12,13,14,18). The van der Waals surface area contributed by atoms with E-state index in [-0.39, 0.29) is 16.5 Å². The number of nitrogens with zero attached hydrogens (tertiary/aromatic N) is 3. The molecule has 0 fully saturated rings. The van der Waals surface area contributed by atoms with Crippen molar-refractivity contribution in [3.05, 3.63) is 40.9 Å². The maximum Gasteiger partial charge on any atom is 0.224 e. The number of nitrogens with one attached hydrogen (secondary N) is 1. The average molecular weight is 262 g/mol. The smallest absolute Gasteiger partial charge is 0.224 e. The van der Waals surface area contributed by atoms with Crippen molar-refractivity contribution in [1.82, 2.24) is 9.97 Å². The van der Waals surface area contributed by atoms with Crippen LogP contribution in [-0.4, -0.2) is 15.1 Å². The Morgan fingerprint density at radius 2 is 2.17 bits per heavy atom. The molecule has 7 heteroatoms. The van der Waals surface area contributed by atoms with E-state index in [1.165, 1.54) is 6.20 Å². The van der Waals surface area contributed by atoms with E-state index in [4.69, 9.17) is 0 Å². The van der Waals surface area contributed by atoms with Crippen LogP contribution >= 0.6 is 12.6 Å². The third-order valence-corrected chi connectivity index (χ3v) is 2.61. The highest BCUT2D eigenvalue weighted by Gasteiger charge is 2.05. The molecule has 0 unspecified atom stereocenters. The summed E-state index contributed by atoms with van der Waals surface area (Å²) in [4.78, 5) is 18.2. The summed E-state index contributed by atoms with van der Waals surface area (Å²) in [6.45, 7) is 0.369. The summed E-state index contributed by atoms with van der Waals surface area (Å²) < 4.78 is 0. The molecule has 92 valence electrons. The SMILES string of the molecule is O=Nc1cnc(NCc2ccccc2O)nc1S. The maximum absolute atomic E-state index is 10.3. The predicted molar refractivity (Wildman–Crippen MR) is 70.2 cm³/mol. The molecule has 0 saturated carbocycles. The van der Waals surface area contributed by atoms with Gasteiger partial charge in [0.25, 0.3) is 0 Å². The molecule has 0 bridgehead atoms. The van der Waals surface area contributed by atoms with Gasteiger partial charge in [0.2, 0.25) is 5.95 Å². The first-order valence-corrected chi connectivity index (χ1v) is 5.55. The monoisotopic (exact) mass is 262 g/mol. The van der Waals surface area contributed by atoms with Gasteiger partial charge in [-0.2, -0.15) is 0 Å². The topological polar surface area (TPSA) is 87.5 Å². The molecule has 2 N–H and O–H groups in total. The second-order valence-corrected chi connectivity index (χ2v) is 3.90. The molecule has 1 aromatic heterocycles. The molecule has 0 atom stereocenters. The fraction of sp³-hybridized carbons (Fsp3) is 0.0909. The van der Waals surface area contributed by atoms with E-state index in [1.54, 1.807) is 18.2 Å². The average Bonchev–Trinajstić information content (AvgIpc) is 2.38. The minimum absolute atomic E-state index is 0.0893. The van der Waals surface area contributed by atoms with Crippen molar-refractivity contribution < 1.29 is 5.11 Å². The van der Waals surface area contributed by atoms with Crippen molar-refractivity contribution in [3.8, 4) is 5.75 Å². The van der Waals surface area contributed by atoms with Gasteiger partial charge in [0.15, 0.2) is 5.69 Å². The number of anilines is 1. The van der Waals surface area contributed by atoms with Crippen molar-refractivity contribution in [2.45, 2.75) is 11.6 Å². The van der Waals surface area contributed by atoms with Gasteiger partial charge in [-0.25, -0.2) is 9.97 Å². The highest BCUT2D eigenvalue weighted by atomic mass is 32.1. The van der Waals surface area contributed by atoms with Crippen molar-refractivity contribution >= 4 is 24.3 Å². The van der Waals surface area contributed by atoms with E-state index in [9.17, 15) is 10.0 Å². The van der Waals surface area contributed by atoms with Crippen molar-refractivity contribution in [1.29, 1.82) is 0 Å². The summed E-state index contributed by atoms with van der Waals surface area (Å²) in [5, 5.41) is 15.4. The molecule has 0 saturated heterocycles. The Morgan fingerprint density at radius 1 is 1.39 bits per heavy atom. The lowest BCUT2D eigenvalue weighted by atomic mass is 10.2. The summed E-state index contributed by atoms with van der Waals surface area (Å²) in [7, 11) is 0. The highest BCUT2D eigenvalue weighted by molar-refractivity contribution is 7.80. The summed E-state index contributed by atoms with van der Waals surface area (Å²) in [6.07, 6.45) is 1.29. The lowest BCUT2D eigenvalue weighted by Crippen LogP contribution is -2.03. The quantitative estimate of drug-likeness (QED) is 0.447. The van der Waals surface area contributed by atoms with Crippen LogP contribution in [0.3, 0.4) is 0 Å². The van der Waals surface area contributed by atoms with Gasteiger partial charge in [0, 0.05) is 12.1 Å². The van der Waals surface area contributed by atoms with E-state index in [1.807, 2.05) is 6.07 Å². The Morgan fingerprint density at radius 3 is 2.83 bits per heavy atom. The van der Waals surface area contributed by atoms with Gasteiger partial charge in [0.05, 0.1) is 6.20 Å². The third kappa shape index (κ3) is 2.75. The number of nitroso groups, excluding NO2 is 1. The highest BCUT2D eigenvalue weighted by Crippen LogP contribution is 2.21. The molecule has 2 aromatic rings. The summed E-state index contributed by atoms with van der Waals surface area (Å²) >= 11 is 4.01. The zero-order valence-corrected chi connectivity index (χ0v) is 10.1.